The van der Waals surface area contributed by atoms with Gasteiger partial charge in [0.25, 0.3) is 5.91 Å². The van der Waals surface area contributed by atoms with Crippen LogP contribution in [0.4, 0.5) is 5.82 Å². The summed E-state index contributed by atoms with van der Waals surface area (Å²) in [6.45, 7) is 5.61. The van der Waals surface area contributed by atoms with Crippen molar-refractivity contribution in [1.82, 2.24) is 15.5 Å². The van der Waals surface area contributed by atoms with Gasteiger partial charge >= 0.3 is 0 Å². The van der Waals surface area contributed by atoms with Crippen molar-refractivity contribution in [2.75, 3.05) is 12.4 Å². The van der Waals surface area contributed by atoms with Crippen molar-refractivity contribution >= 4 is 11.7 Å². The Bertz CT molecular complexity index is 602. The SMILES string of the molecule is CNc1cc(C(=O)NC(C)c2c(C)noc2C)ccn1. The Morgan fingerprint density at radius 3 is 2.75 bits per heavy atom. The monoisotopic (exact) mass is 274 g/mol. The maximum Gasteiger partial charge on any atom is 0.251 e. The summed E-state index contributed by atoms with van der Waals surface area (Å²) in [6.07, 6.45) is 1.60. The smallest absolute Gasteiger partial charge is 0.251 e. The minimum atomic E-state index is -0.167. The Kier molecular flexibility index (Phi) is 4.02. The molecule has 0 bridgehead atoms. The van der Waals surface area contributed by atoms with Gasteiger partial charge in [0, 0.05) is 24.4 Å². The van der Waals surface area contributed by atoms with Crippen LogP contribution in [0.1, 0.15) is 40.3 Å². The highest BCUT2D eigenvalue weighted by molar-refractivity contribution is 5.95. The van der Waals surface area contributed by atoms with Crippen molar-refractivity contribution < 1.29 is 9.32 Å². The van der Waals surface area contributed by atoms with Gasteiger partial charge in [0.2, 0.25) is 0 Å². The lowest BCUT2D eigenvalue weighted by atomic mass is 10.1. The van der Waals surface area contributed by atoms with Gasteiger partial charge in [0.05, 0.1) is 11.7 Å². The van der Waals surface area contributed by atoms with E-state index < -0.39 is 0 Å². The van der Waals surface area contributed by atoms with Gasteiger partial charge in [-0.2, -0.15) is 0 Å². The van der Waals surface area contributed by atoms with Crippen LogP contribution < -0.4 is 10.6 Å². The number of aromatic nitrogens is 2. The molecule has 2 N–H and O–H groups in total. The topological polar surface area (TPSA) is 80.0 Å². The molecule has 0 radical (unpaired) electrons. The molecule has 1 unspecified atom stereocenters. The third-order valence-electron chi connectivity index (χ3n) is 3.15. The summed E-state index contributed by atoms with van der Waals surface area (Å²) in [5.74, 6) is 1.22. The predicted molar refractivity (Wildman–Crippen MR) is 75.6 cm³/mol. The molecule has 106 valence electrons. The van der Waals surface area contributed by atoms with E-state index >= 15 is 0 Å². The van der Waals surface area contributed by atoms with Crippen LogP contribution in [0.25, 0.3) is 0 Å². The van der Waals surface area contributed by atoms with E-state index in [1.165, 1.54) is 0 Å². The zero-order valence-corrected chi connectivity index (χ0v) is 12.0. The molecule has 2 heterocycles. The van der Waals surface area contributed by atoms with Crippen molar-refractivity contribution in [3.8, 4) is 0 Å². The molecule has 0 aromatic carbocycles. The minimum Gasteiger partial charge on any atom is -0.373 e. The lowest BCUT2D eigenvalue weighted by Gasteiger charge is -2.14. The molecular weight excluding hydrogens is 256 g/mol. The van der Waals surface area contributed by atoms with E-state index in [2.05, 4.69) is 20.8 Å². The number of hydrogen-bond donors (Lipinski definition) is 2. The summed E-state index contributed by atoms with van der Waals surface area (Å²) in [4.78, 5) is 16.3. The van der Waals surface area contributed by atoms with Crippen molar-refractivity contribution in [2.24, 2.45) is 0 Å². The normalized spacial score (nSPS) is 12.0. The van der Waals surface area contributed by atoms with Crippen LogP contribution in [-0.4, -0.2) is 23.1 Å². The van der Waals surface area contributed by atoms with Gasteiger partial charge in [-0.25, -0.2) is 4.98 Å². The van der Waals surface area contributed by atoms with E-state index in [1.807, 2.05) is 20.8 Å². The van der Waals surface area contributed by atoms with E-state index in [0.717, 1.165) is 17.0 Å². The van der Waals surface area contributed by atoms with Gasteiger partial charge in [0.15, 0.2) is 0 Å². The molecule has 6 heteroatoms. The van der Waals surface area contributed by atoms with Gasteiger partial charge in [0.1, 0.15) is 11.6 Å². The van der Waals surface area contributed by atoms with E-state index in [0.29, 0.717) is 11.4 Å². The lowest BCUT2D eigenvalue weighted by Crippen LogP contribution is -2.27. The second-order valence-electron chi connectivity index (χ2n) is 4.61. The Morgan fingerprint density at radius 2 is 2.15 bits per heavy atom. The van der Waals surface area contributed by atoms with Crippen LogP contribution in [0.2, 0.25) is 0 Å². The number of hydrogen-bond acceptors (Lipinski definition) is 5. The first-order valence-electron chi connectivity index (χ1n) is 6.40. The summed E-state index contributed by atoms with van der Waals surface area (Å²) in [5.41, 5.74) is 2.27. The standard InChI is InChI=1S/C14H18N4O2/c1-8(13-9(2)18-20-10(13)3)17-14(19)11-5-6-16-12(7-11)15-4/h5-8H,1-4H3,(H,15,16)(H,17,19). The fourth-order valence-corrected chi connectivity index (χ4v) is 2.17. The van der Waals surface area contributed by atoms with Gasteiger partial charge in [-0.3, -0.25) is 4.79 Å². The van der Waals surface area contributed by atoms with Crippen LogP contribution >= 0.6 is 0 Å². The first kappa shape index (κ1) is 14.0. The zero-order valence-electron chi connectivity index (χ0n) is 12.0. The summed E-state index contributed by atoms with van der Waals surface area (Å²) in [5, 5.41) is 9.74. The quantitative estimate of drug-likeness (QED) is 0.893. The van der Waals surface area contributed by atoms with Crippen molar-refractivity contribution in [1.29, 1.82) is 0 Å². The predicted octanol–water partition coefficient (Wildman–Crippen LogP) is 2.22. The van der Waals surface area contributed by atoms with Crippen molar-refractivity contribution in [3.63, 3.8) is 0 Å². The maximum absolute atomic E-state index is 12.2. The highest BCUT2D eigenvalue weighted by Crippen LogP contribution is 2.21. The molecule has 1 amide bonds. The Balaban J connectivity index is 2.15. The number of anilines is 1. The Labute approximate surface area is 117 Å². The lowest BCUT2D eigenvalue weighted by molar-refractivity contribution is 0.0939. The molecule has 0 saturated heterocycles. The van der Waals surface area contributed by atoms with Gasteiger partial charge < -0.3 is 15.2 Å². The van der Waals surface area contributed by atoms with Gasteiger partial charge in [-0.05, 0) is 32.9 Å². The van der Waals surface area contributed by atoms with E-state index in [1.54, 1.807) is 25.4 Å². The molecule has 2 aromatic rings. The average molecular weight is 274 g/mol. The molecule has 2 aromatic heterocycles. The maximum atomic E-state index is 12.2. The van der Waals surface area contributed by atoms with E-state index in [9.17, 15) is 4.79 Å². The van der Waals surface area contributed by atoms with Crippen molar-refractivity contribution in [2.45, 2.75) is 26.8 Å². The molecule has 0 fully saturated rings. The average Bonchev–Trinajstić information content (AvgIpc) is 2.78. The van der Waals surface area contributed by atoms with Gasteiger partial charge in [-0.1, -0.05) is 5.16 Å². The summed E-state index contributed by atoms with van der Waals surface area (Å²) in [6, 6.07) is 3.21. The molecule has 0 aliphatic carbocycles. The number of amides is 1. The van der Waals surface area contributed by atoms with Crippen LogP contribution in [0.15, 0.2) is 22.9 Å². The second kappa shape index (κ2) is 5.73. The molecule has 6 nitrogen and oxygen atoms in total. The van der Waals surface area contributed by atoms with Crippen LogP contribution in [0.3, 0.4) is 0 Å². The number of carbonyl (C=O) groups is 1. The summed E-state index contributed by atoms with van der Waals surface area (Å²) >= 11 is 0. The second-order valence-corrected chi connectivity index (χ2v) is 4.61. The third-order valence-corrected chi connectivity index (χ3v) is 3.15. The Morgan fingerprint density at radius 1 is 1.40 bits per heavy atom. The summed E-state index contributed by atoms with van der Waals surface area (Å²) < 4.78 is 5.12. The number of aryl methyl sites for hydroxylation is 2. The zero-order chi connectivity index (χ0) is 14.7. The molecule has 20 heavy (non-hydrogen) atoms. The minimum absolute atomic E-state index is 0.156. The van der Waals surface area contributed by atoms with E-state index in [-0.39, 0.29) is 11.9 Å². The van der Waals surface area contributed by atoms with Crippen LogP contribution in [0.5, 0.6) is 0 Å². The number of pyridine rings is 1. The number of nitrogens with zero attached hydrogens (tertiary/aromatic N) is 2. The van der Waals surface area contributed by atoms with Gasteiger partial charge in [-0.15, -0.1) is 0 Å². The number of rotatable bonds is 4. The number of carbonyl (C=O) groups excluding carboxylic acids is 1. The summed E-state index contributed by atoms with van der Waals surface area (Å²) in [7, 11) is 1.76. The molecule has 2 rings (SSSR count). The molecule has 0 aliphatic rings. The first-order valence-corrected chi connectivity index (χ1v) is 6.40. The van der Waals surface area contributed by atoms with E-state index in [4.69, 9.17) is 4.52 Å². The first-order chi connectivity index (χ1) is 9.52. The highest BCUT2D eigenvalue weighted by atomic mass is 16.5. The Hall–Kier alpha value is -2.37. The molecule has 0 saturated carbocycles. The fraction of sp³-hybridized carbons (Fsp3) is 0.357. The van der Waals surface area contributed by atoms with Crippen LogP contribution in [0, 0.1) is 13.8 Å². The molecule has 0 spiro atoms. The van der Waals surface area contributed by atoms with Crippen LogP contribution in [-0.2, 0) is 0 Å². The molecular formula is C14H18N4O2. The fourth-order valence-electron chi connectivity index (χ4n) is 2.17. The van der Waals surface area contributed by atoms with Crippen molar-refractivity contribution in [3.05, 3.63) is 40.9 Å². The highest BCUT2D eigenvalue weighted by Gasteiger charge is 2.19. The molecule has 0 aliphatic heterocycles. The number of nitrogens with one attached hydrogen (secondary N) is 2. The molecule has 1 atom stereocenters. The third kappa shape index (κ3) is 2.79. The largest absolute Gasteiger partial charge is 0.373 e.